The molecule has 2 atom stereocenters. The summed E-state index contributed by atoms with van der Waals surface area (Å²) in [6, 6.07) is 0. The normalized spacial score (nSPS) is 39.6. The van der Waals surface area contributed by atoms with Crippen LogP contribution in [0.25, 0.3) is 0 Å². The van der Waals surface area contributed by atoms with Crippen molar-refractivity contribution < 1.29 is 9.47 Å². The molecule has 2 unspecified atom stereocenters. The van der Waals surface area contributed by atoms with Crippen molar-refractivity contribution in [2.24, 2.45) is 5.92 Å². The first kappa shape index (κ1) is 8.02. The van der Waals surface area contributed by atoms with Crippen LogP contribution in [0.4, 0.5) is 0 Å². The van der Waals surface area contributed by atoms with Crippen molar-refractivity contribution in [2.45, 2.75) is 39.4 Å². The maximum absolute atomic E-state index is 5.43. The first-order valence-electron chi connectivity index (χ1n) is 3.79. The predicted octanol–water partition coefficient (Wildman–Crippen LogP) is 1.79. The van der Waals surface area contributed by atoms with Crippen molar-refractivity contribution in [3.63, 3.8) is 0 Å². The fourth-order valence-electron chi connectivity index (χ4n) is 1.13. The molecular formula is C8H16O2. The minimum Gasteiger partial charge on any atom is -0.352 e. The lowest BCUT2D eigenvalue weighted by atomic mass is 9.88. The van der Waals surface area contributed by atoms with Gasteiger partial charge in [0.2, 0.25) is 0 Å². The van der Waals surface area contributed by atoms with Crippen LogP contribution in [0, 0.1) is 5.92 Å². The summed E-state index contributed by atoms with van der Waals surface area (Å²) in [7, 11) is 0. The average Bonchev–Trinajstić information content (AvgIpc) is 1.83. The van der Waals surface area contributed by atoms with Crippen LogP contribution in [0.15, 0.2) is 0 Å². The highest BCUT2D eigenvalue weighted by Crippen LogP contribution is 2.29. The Kier molecular flexibility index (Phi) is 2.02. The van der Waals surface area contributed by atoms with Crippen molar-refractivity contribution in [2.75, 3.05) is 6.79 Å². The third-order valence-electron chi connectivity index (χ3n) is 2.56. The van der Waals surface area contributed by atoms with Gasteiger partial charge in [-0.15, -0.1) is 0 Å². The Balaban J connectivity index is 2.60. The minimum absolute atomic E-state index is 0.0162. The summed E-state index contributed by atoms with van der Waals surface area (Å²) in [5, 5.41) is 0. The van der Waals surface area contributed by atoms with Gasteiger partial charge in [-0.3, -0.25) is 0 Å². The first-order chi connectivity index (χ1) is 4.54. The standard InChI is InChI=1S/C8H16O2/c1-6-7(2)9-5-10-8(6,3)4/h6-7H,5H2,1-4H3. The van der Waals surface area contributed by atoms with E-state index < -0.39 is 0 Å². The molecule has 0 aliphatic carbocycles. The molecule has 1 aliphatic heterocycles. The van der Waals surface area contributed by atoms with Gasteiger partial charge in [0, 0.05) is 5.92 Å². The summed E-state index contributed by atoms with van der Waals surface area (Å²) in [4.78, 5) is 0. The molecule has 0 radical (unpaired) electrons. The summed E-state index contributed by atoms with van der Waals surface area (Å²) < 4.78 is 10.7. The number of ether oxygens (including phenoxy) is 2. The molecule has 0 bridgehead atoms. The Morgan fingerprint density at radius 2 is 1.90 bits per heavy atom. The SMILES string of the molecule is CC1OCOC(C)(C)C1C. The number of hydrogen-bond acceptors (Lipinski definition) is 2. The molecule has 0 aromatic heterocycles. The van der Waals surface area contributed by atoms with E-state index in [1.165, 1.54) is 0 Å². The van der Waals surface area contributed by atoms with Crippen LogP contribution < -0.4 is 0 Å². The molecule has 0 N–H and O–H groups in total. The van der Waals surface area contributed by atoms with Crippen molar-refractivity contribution >= 4 is 0 Å². The Morgan fingerprint density at radius 3 is 2.30 bits per heavy atom. The van der Waals surface area contributed by atoms with E-state index in [0.29, 0.717) is 18.8 Å². The summed E-state index contributed by atoms with van der Waals surface area (Å²) in [5.41, 5.74) is -0.0162. The second-order valence-corrected chi connectivity index (χ2v) is 3.53. The molecule has 0 spiro atoms. The van der Waals surface area contributed by atoms with E-state index >= 15 is 0 Å². The fourth-order valence-corrected chi connectivity index (χ4v) is 1.13. The summed E-state index contributed by atoms with van der Waals surface area (Å²) in [6.07, 6.45) is 0.323. The van der Waals surface area contributed by atoms with E-state index in [1.54, 1.807) is 0 Å². The summed E-state index contributed by atoms with van der Waals surface area (Å²) >= 11 is 0. The topological polar surface area (TPSA) is 18.5 Å². The molecule has 0 amide bonds. The van der Waals surface area contributed by atoms with Crippen LogP contribution in [0.5, 0.6) is 0 Å². The van der Waals surface area contributed by atoms with E-state index in [2.05, 4.69) is 27.7 Å². The van der Waals surface area contributed by atoms with Gasteiger partial charge in [0.1, 0.15) is 6.79 Å². The molecule has 2 nitrogen and oxygen atoms in total. The summed E-state index contributed by atoms with van der Waals surface area (Å²) in [6.45, 7) is 8.91. The molecule has 1 fully saturated rings. The molecule has 1 aliphatic rings. The Hall–Kier alpha value is -0.0800. The lowest BCUT2D eigenvalue weighted by molar-refractivity contribution is -0.235. The lowest BCUT2D eigenvalue weighted by Gasteiger charge is -2.40. The Labute approximate surface area is 62.5 Å². The van der Waals surface area contributed by atoms with Crippen molar-refractivity contribution in [3.05, 3.63) is 0 Å². The van der Waals surface area contributed by atoms with Crippen molar-refractivity contribution in [3.8, 4) is 0 Å². The molecular weight excluding hydrogens is 128 g/mol. The third kappa shape index (κ3) is 1.32. The van der Waals surface area contributed by atoms with Crippen molar-refractivity contribution in [1.82, 2.24) is 0 Å². The largest absolute Gasteiger partial charge is 0.352 e. The van der Waals surface area contributed by atoms with Gasteiger partial charge in [0.05, 0.1) is 11.7 Å². The molecule has 1 heterocycles. The van der Waals surface area contributed by atoms with Crippen LogP contribution in [0.3, 0.4) is 0 Å². The molecule has 0 aromatic rings. The lowest BCUT2D eigenvalue weighted by Crippen LogP contribution is -2.45. The molecule has 60 valence electrons. The Bertz CT molecular complexity index is 120. The maximum Gasteiger partial charge on any atom is 0.147 e. The van der Waals surface area contributed by atoms with Gasteiger partial charge in [-0.2, -0.15) is 0 Å². The third-order valence-corrected chi connectivity index (χ3v) is 2.56. The smallest absolute Gasteiger partial charge is 0.147 e. The van der Waals surface area contributed by atoms with E-state index in [-0.39, 0.29) is 5.60 Å². The zero-order valence-electron chi connectivity index (χ0n) is 7.18. The highest BCUT2D eigenvalue weighted by atomic mass is 16.7. The first-order valence-corrected chi connectivity index (χ1v) is 3.79. The van der Waals surface area contributed by atoms with Gasteiger partial charge in [0.15, 0.2) is 0 Å². The van der Waals surface area contributed by atoms with E-state index in [9.17, 15) is 0 Å². The van der Waals surface area contributed by atoms with Crippen LogP contribution in [0.1, 0.15) is 27.7 Å². The average molecular weight is 144 g/mol. The van der Waals surface area contributed by atoms with Crippen molar-refractivity contribution in [1.29, 1.82) is 0 Å². The van der Waals surface area contributed by atoms with Gasteiger partial charge in [-0.1, -0.05) is 6.92 Å². The van der Waals surface area contributed by atoms with Gasteiger partial charge < -0.3 is 9.47 Å². The highest BCUT2D eigenvalue weighted by Gasteiger charge is 2.35. The fraction of sp³-hybridized carbons (Fsp3) is 1.00. The molecule has 2 heteroatoms. The predicted molar refractivity (Wildman–Crippen MR) is 39.7 cm³/mol. The van der Waals surface area contributed by atoms with Gasteiger partial charge >= 0.3 is 0 Å². The molecule has 1 saturated heterocycles. The second kappa shape index (κ2) is 2.51. The Morgan fingerprint density at radius 1 is 1.30 bits per heavy atom. The zero-order valence-corrected chi connectivity index (χ0v) is 7.18. The van der Waals surface area contributed by atoms with E-state index in [0.717, 1.165) is 0 Å². The van der Waals surface area contributed by atoms with Gasteiger partial charge in [-0.05, 0) is 20.8 Å². The van der Waals surface area contributed by atoms with Gasteiger partial charge in [-0.25, -0.2) is 0 Å². The molecule has 0 aromatic carbocycles. The monoisotopic (exact) mass is 144 g/mol. The number of hydrogen-bond donors (Lipinski definition) is 0. The van der Waals surface area contributed by atoms with Crippen LogP contribution in [0.2, 0.25) is 0 Å². The molecule has 0 saturated carbocycles. The maximum atomic E-state index is 5.43. The highest BCUT2D eigenvalue weighted by molar-refractivity contribution is 4.82. The minimum atomic E-state index is -0.0162. The number of rotatable bonds is 0. The van der Waals surface area contributed by atoms with Crippen LogP contribution in [-0.4, -0.2) is 18.5 Å². The molecule has 10 heavy (non-hydrogen) atoms. The summed E-state index contributed by atoms with van der Waals surface area (Å²) in [5.74, 6) is 0.473. The van der Waals surface area contributed by atoms with E-state index in [4.69, 9.17) is 9.47 Å². The molecule has 1 rings (SSSR count). The van der Waals surface area contributed by atoms with E-state index in [1.807, 2.05) is 0 Å². The van der Waals surface area contributed by atoms with Crippen LogP contribution in [-0.2, 0) is 9.47 Å². The zero-order chi connectivity index (χ0) is 7.78. The van der Waals surface area contributed by atoms with Gasteiger partial charge in [0.25, 0.3) is 0 Å². The quantitative estimate of drug-likeness (QED) is 0.516. The second-order valence-electron chi connectivity index (χ2n) is 3.53. The van der Waals surface area contributed by atoms with Crippen LogP contribution >= 0.6 is 0 Å².